The molecule has 1 nitrogen and oxygen atoms in total. The van der Waals surface area contributed by atoms with Crippen molar-refractivity contribution in [2.45, 2.75) is 53.8 Å². The molecule has 0 atom stereocenters. The molecule has 0 aliphatic heterocycles. The van der Waals surface area contributed by atoms with Crippen LogP contribution < -0.4 is 5.32 Å². The zero-order chi connectivity index (χ0) is 9.44. The first-order valence-electron chi connectivity index (χ1n) is 4.62. The van der Waals surface area contributed by atoms with Gasteiger partial charge in [0.05, 0.1) is 0 Å². The zero-order valence-electron chi connectivity index (χ0n) is 9.23. The molecule has 1 N–H and O–H groups in total. The molecule has 0 saturated heterocycles. The Morgan fingerprint density at radius 3 is 1.00 bits per heavy atom. The topological polar surface area (TPSA) is 12.0 Å². The van der Waals surface area contributed by atoms with Crippen molar-refractivity contribution in [3.8, 4) is 0 Å². The van der Waals surface area contributed by atoms with Crippen molar-refractivity contribution >= 4 is 21.4 Å². The van der Waals surface area contributed by atoms with Gasteiger partial charge >= 0.3 is 35.5 Å². The summed E-state index contributed by atoms with van der Waals surface area (Å²) in [5.74, 6) is 0. The van der Waals surface area contributed by atoms with Crippen molar-refractivity contribution in [1.82, 2.24) is 5.32 Å². The first-order chi connectivity index (χ1) is 4.86. The Kier molecular flexibility index (Phi) is 11.6. The predicted molar refractivity (Wildman–Crippen MR) is 56.8 cm³/mol. The molecule has 2 heteroatoms. The molecule has 0 spiro atoms. The van der Waals surface area contributed by atoms with E-state index in [4.69, 9.17) is 0 Å². The van der Waals surface area contributed by atoms with Crippen molar-refractivity contribution in [2.24, 2.45) is 0 Å². The first-order valence-corrected chi connectivity index (χ1v) is 14.5. The van der Waals surface area contributed by atoms with E-state index in [2.05, 4.69) is 47.1 Å². The van der Waals surface area contributed by atoms with Gasteiger partial charge in [-0.05, 0) is 0 Å². The van der Waals surface area contributed by atoms with E-state index in [1.165, 1.54) is 0 Å². The third kappa shape index (κ3) is 36.2. The van der Waals surface area contributed by atoms with Crippen molar-refractivity contribution < 1.29 is 0 Å². The summed E-state index contributed by atoms with van der Waals surface area (Å²) in [5, 5.41) is 3.31. The van der Waals surface area contributed by atoms with Crippen LogP contribution in [-0.4, -0.2) is 33.5 Å². The Labute approximate surface area is 80.5 Å². The molecule has 11 heavy (non-hydrogen) atoms. The second-order valence-electron chi connectivity index (χ2n) is 4.21. The monoisotopic (exact) mass is 261 g/mol. The Balaban J connectivity index is 0. The van der Waals surface area contributed by atoms with E-state index >= 15 is 0 Å². The molecule has 0 aromatic rings. The Morgan fingerprint density at radius 1 is 0.818 bits per heavy atom. The van der Waals surface area contributed by atoms with Crippen LogP contribution >= 0.6 is 0 Å². The molecule has 0 heterocycles. The van der Waals surface area contributed by atoms with Gasteiger partial charge in [0.15, 0.2) is 0 Å². The molecule has 0 unspecified atom stereocenters. The van der Waals surface area contributed by atoms with Crippen LogP contribution in [0.5, 0.6) is 0 Å². The van der Waals surface area contributed by atoms with E-state index in [9.17, 15) is 0 Å². The fourth-order valence-electron chi connectivity index (χ4n) is 0.667. The van der Waals surface area contributed by atoms with Crippen LogP contribution in [-0.2, 0) is 0 Å². The van der Waals surface area contributed by atoms with Gasteiger partial charge in [0, 0.05) is 12.1 Å². The van der Waals surface area contributed by atoms with E-state index in [0.717, 1.165) is 0 Å². The van der Waals surface area contributed by atoms with Crippen molar-refractivity contribution in [2.75, 3.05) is 0 Å². The minimum absolute atomic E-state index is 0.625. The summed E-state index contributed by atoms with van der Waals surface area (Å²) in [4.78, 5) is 0. The van der Waals surface area contributed by atoms with Gasteiger partial charge in [-0.2, -0.15) is 0 Å². The molecule has 0 fully saturated rings. The number of hydrogen-bond donors (Lipinski definition) is 1. The summed E-state index contributed by atoms with van der Waals surface area (Å²) < 4.78 is 7.13. The predicted octanol–water partition coefficient (Wildman–Crippen LogP) is 2.76. The molecule has 0 aromatic heterocycles. The molecule has 0 bridgehead atoms. The summed E-state index contributed by atoms with van der Waals surface area (Å²) in [6.45, 7) is 8.61. The van der Waals surface area contributed by atoms with Crippen molar-refractivity contribution in [1.29, 1.82) is 0 Å². The van der Waals surface area contributed by atoms with Crippen LogP contribution in [0.25, 0.3) is 0 Å². The van der Waals surface area contributed by atoms with Gasteiger partial charge in [-0.15, -0.1) is 0 Å². The normalized spacial score (nSPS) is 9.55. The van der Waals surface area contributed by atoms with Gasteiger partial charge in [-0.1, -0.05) is 27.7 Å². The molecular weight excluding hydrogens is 237 g/mol. The van der Waals surface area contributed by atoms with Gasteiger partial charge in [0.1, 0.15) is 0 Å². The second kappa shape index (κ2) is 8.92. The average Bonchev–Trinajstić information content (AvgIpc) is 1.56. The number of nitrogens with one attached hydrogen (secondary N) is 1. The van der Waals surface area contributed by atoms with Crippen LogP contribution in [0.4, 0.5) is 0 Å². The summed E-state index contributed by atoms with van der Waals surface area (Å²) in [6.07, 6.45) is 0. The Bertz CT molecular complexity index is 61.2. The van der Waals surface area contributed by atoms with Gasteiger partial charge in [-0.25, -0.2) is 0 Å². The van der Waals surface area contributed by atoms with E-state index < -0.39 is 21.4 Å². The number of hydrogen-bond acceptors (Lipinski definition) is 1. The minimum atomic E-state index is -0.637. The average molecular weight is 261 g/mol. The molecule has 0 aromatic carbocycles. The third-order valence-corrected chi connectivity index (χ3v) is 0.667. The standard InChI is InChI=1S/C6H15N.3CH3.In/c1-5(2)7-6(3)4;;;;/h5-7H,1-4H3;3*1H3;. The molecule has 0 rings (SSSR count). The Hall–Kier alpha value is 0.830. The first kappa shape index (κ1) is 14.4. The zero-order valence-corrected chi connectivity index (χ0v) is 12.5. The molecule has 0 saturated carbocycles. The summed E-state index contributed by atoms with van der Waals surface area (Å²) in [7, 11) is 0. The molecule has 0 amide bonds. The summed E-state index contributed by atoms with van der Waals surface area (Å²) in [6, 6.07) is 1.25. The Morgan fingerprint density at radius 2 is 1.00 bits per heavy atom. The SMILES string of the molecule is CC(C)NC(C)C.[CH3][In]([CH3])[CH3]. The maximum absolute atomic E-state index is 3.31. The molecular formula is C9H24InN. The fourth-order valence-corrected chi connectivity index (χ4v) is 0.667. The van der Waals surface area contributed by atoms with Gasteiger partial charge < -0.3 is 5.32 Å². The van der Waals surface area contributed by atoms with Gasteiger partial charge in [-0.3, -0.25) is 0 Å². The van der Waals surface area contributed by atoms with E-state index in [1.807, 2.05) is 0 Å². The maximum atomic E-state index is 3.31. The number of rotatable bonds is 2. The molecule has 0 aliphatic carbocycles. The van der Waals surface area contributed by atoms with Gasteiger partial charge in [0.25, 0.3) is 0 Å². The molecule has 0 radical (unpaired) electrons. The third-order valence-electron chi connectivity index (χ3n) is 0.667. The summed E-state index contributed by atoms with van der Waals surface area (Å²) >= 11 is -0.637. The van der Waals surface area contributed by atoms with E-state index in [0.29, 0.717) is 12.1 Å². The van der Waals surface area contributed by atoms with Crippen LogP contribution in [0.15, 0.2) is 0 Å². The van der Waals surface area contributed by atoms with E-state index in [1.54, 1.807) is 0 Å². The second-order valence-corrected chi connectivity index (χ2v) is 14.1. The van der Waals surface area contributed by atoms with Crippen molar-refractivity contribution in [3.63, 3.8) is 0 Å². The van der Waals surface area contributed by atoms with Crippen LogP contribution in [0.2, 0.25) is 14.0 Å². The molecule has 68 valence electrons. The fraction of sp³-hybridized carbons (Fsp3) is 1.00. The van der Waals surface area contributed by atoms with Crippen LogP contribution in [0.1, 0.15) is 27.7 Å². The summed E-state index contributed by atoms with van der Waals surface area (Å²) in [5.41, 5.74) is 0. The van der Waals surface area contributed by atoms with Gasteiger partial charge in [0.2, 0.25) is 0 Å². The van der Waals surface area contributed by atoms with E-state index in [-0.39, 0.29) is 0 Å². The quantitative estimate of drug-likeness (QED) is 0.805. The van der Waals surface area contributed by atoms with Crippen molar-refractivity contribution in [3.05, 3.63) is 0 Å². The van der Waals surface area contributed by atoms with Crippen LogP contribution in [0, 0.1) is 0 Å². The van der Waals surface area contributed by atoms with Crippen LogP contribution in [0.3, 0.4) is 0 Å². The molecule has 0 aliphatic rings.